The maximum atomic E-state index is 11.3. The van der Waals surface area contributed by atoms with Crippen molar-refractivity contribution in [3.05, 3.63) is 35.4 Å². The minimum atomic E-state index is -0.111. The van der Waals surface area contributed by atoms with Gasteiger partial charge in [-0.1, -0.05) is 43.5 Å². The van der Waals surface area contributed by atoms with E-state index in [0.717, 1.165) is 13.0 Å². The third-order valence-corrected chi connectivity index (χ3v) is 4.15. The first-order valence-electron chi connectivity index (χ1n) is 8.24. The third-order valence-electron chi connectivity index (χ3n) is 4.15. The number of esters is 1. The second-order valence-corrected chi connectivity index (χ2v) is 5.84. The lowest BCUT2D eigenvalue weighted by atomic mass is 9.95. The molecule has 0 unspecified atom stereocenters. The van der Waals surface area contributed by atoms with Crippen molar-refractivity contribution < 1.29 is 9.53 Å². The van der Waals surface area contributed by atoms with Crippen LogP contribution in [-0.4, -0.2) is 18.6 Å². The van der Waals surface area contributed by atoms with Crippen molar-refractivity contribution >= 4 is 5.97 Å². The summed E-state index contributed by atoms with van der Waals surface area (Å²) in [6.07, 6.45) is 7.99. The molecule has 3 heteroatoms. The Bertz CT molecular complexity index is 421. The molecule has 0 spiro atoms. The Morgan fingerprint density at radius 1 is 1.14 bits per heavy atom. The van der Waals surface area contributed by atoms with E-state index in [0.29, 0.717) is 19.1 Å². The van der Waals surface area contributed by atoms with Crippen molar-refractivity contribution in [1.82, 2.24) is 5.32 Å². The van der Waals surface area contributed by atoms with Gasteiger partial charge in [0, 0.05) is 19.0 Å². The summed E-state index contributed by atoms with van der Waals surface area (Å²) in [4.78, 5) is 11.3. The van der Waals surface area contributed by atoms with E-state index in [2.05, 4.69) is 29.6 Å². The normalized spacial score (nSPS) is 15.9. The molecule has 1 aromatic rings. The molecule has 0 amide bonds. The summed E-state index contributed by atoms with van der Waals surface area (Å²) in [7, 11) is 0. The fraction of sp³-hybridized carbons (Fsp3) is 0.611. The Hall–Kier alpha value is -1.35. The van der Waals surface area contributed by atoms with E-state index in [9.17, 15) is 4.79 Å². The standard InChI is InChI=1S/C18H27NO2/c1-2-21-18(20)13-12-15-8-10-16(11-9-15)14-19-17-6-4-3-5-7-17/h8-11,17,19H,2-7,12-14H2,1H3. The van der Waals surface area contributed by atoms with E-state index >= 15 is 0 Å². The second kappa shape index (κ2) is 8.83. The van der Waals surface area contributed by atoms with Gasteiger partial charge >= 0.3 is 5.97 Å². The van der Waals surface area contributed by atoms with Crippen LogP contribution in [0.3, 0.4) is 0 Å². The lowest BCUT2D eigenvalue weighted by Gasteiger charge is -2.22. The highest BCUT2D eigenvalue weighted by Crippen LogP contribution is 2.18. The molecule has 21 heavy (non-hydrogen) atoms. The summed E-state index contributed by atoms with van der Waals surface area (Å²) in [6, 6.07) is 9.27. The SMILES string of the molecule is CCOC(=O)CCc1ccc(CNC2CCCCC2)cc1. The van der Waals surface area contributed by atoms with Crippen LogP contribution in [0, 0.1) is 0 Å². The molecule has 0 aliphatic heterocycles. The van der Waals surface area contributed by atoms with Crippen molar-refractivity contribution in [2.75, 3.05) is 6.61 Å². The molecule has 0 heterocycles. The largest absolute Gasteiger partial charge is 0.466 e. The monoisotopic (exact) mass is 289 g/mol. The first-order valence-corrected chi connectivity index (χ1v) is 8.24. The van der Waals surface area contributed by atoms with Gasteiger partial charge in [-0.25, -0.2) is 0 Å². The molecule has 1 saturated carbocycles. The van der Waals surface area contributed by atoms with Crippen LogP contribution in [0.1, 0.15) is 56.6 Å². The zero-order valence-corrected chi connectivity index (χ0v) is 13.1. The molecule has 0 radical (unpaired) electrons. The molecule has 2 rings (SSSR count). The smallest absolute Gasteiger partial charge is 0.306 e. The quantitative estimate of drug-likeness (QED) is 0.779. The molecule has 0 saturated heterocycles. The molecular formula is C18H27NO2. The Morgan fingerprint density at radius 2 is 1.81 bits per heavy atom. The molecule has 116 valence electrons. The van der Waals surface area contributed by atoms with Crippen LogP contribution < -0.4 is 5.32 Å². The van der Waals surface area contributed by atoms with E-state index in [4.69, 9.17) is 4.74 Å². The highest BCUT2D eigenvalue weighted by molar-refractivity contribution is 5.69. The first-order chi connectivity index (χ1) is 10.3. The number of ether oxygens (including phenoxy) is 1. The number of hydrogen-bond donors (Lipinski definition) is 1. The fourth-order valence-corrected chi connectivity index (χ4v) is 2.87. The number of carbonyl (C=O) groups excluding carboxylic acids is 1. The van der Waals surface area contributed by atoms with Crippen LogP contribution in [0.15, 0.2) is 24.3 Å². The molecule has 3 nitrogen and oxygen atoms in total. The number of nitrogens with one attached hydrogen (secondary N) is 1. The van der Waals surface area contributed by atoms with E-state index in [1.807, 2.05) is 6.92 Å². The van der Waals surface area contributed by atoms with Crippen molar-refractivity contribution in [3.8, 4) is 0 Å². The van der Waals surface area contributed by atoms with Crippen LogP contribution in [0.4, 0.5) is 0 Å². The summed E-state index contributed by atoms with van der Waals surface area (Å²) < 4.78 is 4.94. The van der Waals surface area contributed by atoms with Crippen LogP contribution in [0.5, 0.6) is 0 Å². The summed E-state index contributed by atoms with van der Waals surface area (Å²) in [5.41, 5.74) is 2.52. The predicted octanol–water partition coefficient (Wildman–Crippen LogP) is 3.60. The number of hydrogen-bond acceptors (Lipinski definition) is 3. The van der Waals surface area contributed by atoms with Gasteiger partial charge in [0.15, 0.2) is 0 Å². The first kappa shape index (κ1) is 16.0. The second-order valence-electron chi connectivity index (χ2n) is 5.84. The molecule has 0 atom stereocenters. The van der Waals surface area contributed by atoms with Gasteiger partial charge in [0.05, 0.1) is 6.61 Å². The van der Waals surface area contributed by atoms with Crippen molar-refractivity contribution in [2.24, 2.45) is 0 Å². The number of aryl methyl sites for hydroxylation is 1. The Kier molecular flexibility index (Phi) is 6.74. The molecule has 1 N–H and O–H groups in total. The maximum Gasteiger partial charge on any atom is 0.306 e. The van der Waals surface area contributed by atoms with Gasteiger partial charge < -0.3 is 10.1 Å². The van der Waals surface area contributed by atoms with Crippen molar-refractivity contribution in [2.45, 2.75) is 64.5 Å². The van der Waals surface area contributed by atoms with Crippen molar-refractivity contribution in [3.63, 3.8) is 0 Å². The Labute approximate surface area is 128 Å². The van der Waals surface area contributed by atoms with Crippen LogP contribution in [0.2, 0.25) is 0 Å². The lowest BCUT2D eigenvalue weighted by molar-refractivity contribution is -0.143. The van der Waals surface area contributed by atoms with Gasteiger partial charge in [0.25, 0.3) is 0 Å². The predicted molar refractivity (Wildman–Crippen MR) is 85.1 cm³/mol. The van der Waals surface area contributed by atoms with Gasteiger partial charge in [-0.05, 0) is 37.3 Å². The molecule has 0 aromatic heterocycles. The van der Waals surface area contributed by atoms with Crippen LogP contribution in [-0.2, 0) is 22.5 Å². The Balaban J connectivity index is 1.72. The summed E-state index contributed by atoms with van der Waals surface area (Å²) in [5.74, 6) is -0.111. The van der Waals surface area contributed by atoms with Gasteiger partial charge in [0.1, 0.15) is 0 Å². The van der Waals surface area contributed by atoms with E-state index in [1.54, 1.807) is 0 Å². The molecule has 1 fully saturated rings. The molecule has 1 aliphatic carbocycles. The van der Waals surface area contributed by atoms with E-state index in [1.165, 1.54) is 43.2 Å². The van der Waals surface area contributed by atoms with Crippen LogP contribution in [0.25, 0.3) is 0 Å². The average Bonchev–Trinajstić information content (AvgIpc) is 2.53. The maximum absolute atomic E-state index is 11.3. The molecule has 1 aromatic carbocycles. The van der Waals surface area contributed by atoms with Gasteiger partial charge in [-0.3, -0.25) is 4.79 Å². The average molecular weight is 289 g/mol. The summed E-state index contributed by atoms with van der Waals surface area (Å²) >= 11 is 0. The van der Waals surface area contributed by atoms with Gasteiger partial charge in [0.2, 0.25) is 0 Å². The fourth-order valence-electron chi connectivity index (χ4n) is 2.87. The summed E-state index contributed by atoms with van der Waals surface area (Å²) in [6.45, 7) is 3.25. The minimum absolute atomic E-state index is 0.111. The highest BCUT2D eigenvalue weighted by atomic mass is 16.5. The van der Waals surface area contributed by atoms with Gasteiger partial charge in [-0.15, -0.1) is 0 Å². The topological polar surface area (TPSA) is 38.3 Å². The highest BCUT2D eigenvalue weighted by Gasteiger charge is 2.12. The number of benzene rings is 1. The molecule has 1 aliphatic rings. The van der Waals surface area contributed by atoms with E-state index < -0.39 is 0 Å². The lowest BCUT2D eigenvalue weighted by Crippen LogP contribution is -2.30. The molecular weight excluding hydrogens is 262 g/mol. The van der Waals surface area contributed by atoms with E-state index in [-0.39, 0.29) is 5.97 Å². The number of carbonyl (C=O) groups is 1. The summed E-state index contributed by atoms with van der Waals surface area (Å²) in [5, 5.41) is 3.65. The Morgan fingerprint density at radius 3 is 2.48 bits per heavy atom. The number of rotatable bonds is 7. The zero-order valence-electron chi connectivity index (χ0n) is 13.1. The molecule has 0 bridgehead atoms. The zero-order chi connectivity index (χ0) is 14.9. The van der Waals surface area contributed by atoms with Gasteiger partial charge in [-0.2, -0.15) is 0 Å². The minimum Gasteiger partial charge on any atom is -0.466 e. The van der Waals surface area contributed by atoms with Crippen molar-refractivity contribution in [1.29, 1.82) is 0 Å². The third kappa shape index (κ3) is 5.88. The van der Waals surface area contributed by atoms with Crippen LogP contribution >= 0.6 is 0 Å².